The molecule has 0 amide bonds. The fraction of sp³-hybridized carbons (Fsp3) is 0.600. The van der Waals surface area contributed by atoms with Gasteiger partial charge >= 0.3 is 0 Å². The summed E-state index contributed by atoms with van der Waals surface area (Å²) in [7, 11) is 0. The third kappa shape index (κ3) is 3.16. The van der Waals surface area contributed by atoms with E-state index in [0.29, 0.717) is 5.70 Å². The number of nitrogens with zero attached hydrogens (tertiary/aromatic N) is 1. The lowest BCUT2D eigenvalue weighted by Gasteiger charge is -1.87. The smallest absolute Gasteiger partial charge is 0.0552 e. The summed E-state index contributed by atoms with van der Waals surface area (Å²) >= 11 is 0. The van der Waals surface area contributed by atoms with Crippen molar-refractivity contribution < 1.29 is 0 Å². The third-order valence-corrected chi connectivity index (χ3v) is 0.697. The molecule has 0 fully saturated rings. The molecule has 0 unspecified atom stereocenters. The molecule has 0 atom stereocenters. The molecule has 0 aliphatic heterocycles. The summed E-state index contributed by atoms with van der Waals surface area (Å²) in [6.45, 7) is 5.55. The minimum atomic E-state index is 0.669. The summed E-state index contributed by atoms with van der Waals surface area (Å²) in [4.78, 5) is 0. The number of hydrogen-bond acceptors (Lipinski definition) is 2. The van der Waals surface area contributed by atoms with E-state index in [1.807, 2.05) is 6.92 Å². The summed E-state index contributed by atoms with van der Waals surface area (Å²) in [6.07, 6.45) is 1.88. The van der Waals surface area contributed by atoms with Crippen LogP contribution < -0.4 is 0 Å². The van der Waals surface area contributed by atoms with Gasteiger partial charge in [0.1, 0.15) is 0 Å². The van der Waals surface area contributed by atoms with Crippen LogP contribution in [-0.4, -0.2) is 0 Å². The molecule has 2 nitrogen and oxygen atoms in total. The van der Waals surface area contributed by atoms with E-state index in [9.17, 15) is 0 Å². The Kier molecular flexibility index (Phi) is 3.19. The average Bonchev–Trinajstić information content (AvgIpc) is 1.68. The van der Waals surface area contributed by atoms with Crippen molar-refractivity contribution in [2.45, 2.75) is 19.8 Å². The lowest BCUT2D eigenvalue weighted by Crippen LogP contribution is -1.69. The van der Waals surface area contributed by atoms with E-state index in [1.165, 1.54) is 0 Å². The van der Waals surface area contributed by atoms with Crippen molar-refractivity contribution in [3.8, 4) is 0 Å². The summed E-state index contributed by atoms with van der Waals surface area (Å²) in [5.41, 5.74) is 7.11. The van der Waals surface area contributed by atoms with Gasteiger partial charge in [-0.1, -0.05) is 19.9 Å². The minimum absolute atomic E-state index is 0.669. The molecule has 0 bridgehead atoms. The first-order chi connectivity index (χ1) is 3.31. The lowest BCUT2D eigenvalue weighted by atomic mass is 10.3. The van der Waals surface area contributed by atoms with Crippen LogP contribution in [0.15, 0.2) is 17.4 Å². The second kappa shape index (κ2) is 3.53. The predicted octanol–water partition coefficient (Wildman–Crippen LogP) is 2.33. The number of nitrogens with one attached hydrogen (secondary N) is 1. The van der Waals surface area contributed by atoms with Crippen LogP contribution >= 0.6 is 0 Å². The molecule has 0 radical (unpaired) electrons. The zero-order valence-corrected chi connectivity index (χ0v) is 4.57. The van der Waals surface area contributed by atoms with Gasteiger partial charge in [-0.15, -0.1) is 0 Å². The maximum absolute atomic E-state index is 6.44. The molecule has 0 saturated carbocycles. The van der Waals surface area contributed by atoms with Crippen molar-refractivity contribution in [3.63, 3.8) is 0 Å². The summed E-state index contributed by atoms with van der Waals surface area (Å²) < 4.78 is 0. The Balaban J connectivity index is 3.17. The second-order valence-corrected chi connectivity index (χ2v) is 1.43. The van der Waals surface area contributed by atoms with Crippen molar-refractivity contribution in [2.75, 3.05) is 0 Å². The highest BCUT2D eigenvalue weighted by atomic mass is 15.0. The van der Waals surface area contributed by atoms with Crippen LogP contribution in [-0.2, 0) is 0 Å². The largest absolute Gasteiger partial charge is 0.205 e. The summed E-state index contributed by atoms with van der Waals surface area (Å²) in [5, 5.41) is 3.13. The minimum Gasteiger partial charge on any atom is -0.205 e. The van der Waals surface area contributed by atoms with Crippen LogP contribution in [0.25, 0.3) is 0 Å². The van der Waals surface area contributed by atoms with Crippen molar-refractivity contribution in [2.24, 2.45) is 5.11 Å². The van der Waals surface area contributed by atoms with Crippen LogP contribution in [0.2, 0.25) is 0 Å². The molecule has 0 aromatic rings. The first-order valence-corrected chi connectivity index (χ1v) is 2.36. The van der Waals surface area contributed by atoms with E-state index in [0.717, 1.165) is 12.8 Å². The Morgan fingerprint density at radius 3 is 2.57 bits per heavy atom. The number of allylic oxidation sites excluding steroid dienone is 1. The number of hydrogen-bond donors (Lipinski definition) is 1. The van der Waals surface area contributed by atoms with Gasteiger partial charge in [0.25, 0.3) is 0 Å². The van der Waals surface area contributed by atoms with Gasteiger partial charge in [-0.25, -0.2) is 5.53 Å². The molecule has 0 aliphatic carbocycles. The Labute approximate surface area is 43.7 Å². The molecule has 0 saturated heterocycles. The van der Waals surface area contributed by atoms with Crippen LogP contribution in [0.1, 0.15) is 19.8 Å². The predicted molar refractivity (Wildman–Crippen MR) is 29.2 cm³/mol. The molecule has 0 rings (SSSR count). The molecular formula is C5H10N2. The fourth-order valence-corrected chi connectivity index (χ4v) is 0.344. The summed E-state index contributed by atoms with van der Waals surface area (Å²) in [6, 6.07) is 0. The Hall–Kier alpha value is -0.660. The zero-order valence-electron chi connectivity index (χ0n) is 4.57. The zero-order chi connectivity index (χ0) is 5.70. The van der Waals surface area contributed by atoms with E-state index in [2.05, 4.69) is 11.7 Å². The summed E-state index contributed by atoms with van der Waals surface area (Å²) in [5.74, 6) is 0. The number of rotatable bonds is 3. The first kappa shape index (κ1) is 6.34. The van der Waals surface area contributed by atoms with Gasteiger partial charge in [-0.3, -0.25) is 0 Å². The Morgan fingerprint density at radius 1 is 1.86 bits per heavy atom. The average molecular weight is 98.1 g/mol. The molecule has 0 spiro atoms. The molecule has 0 aromatic heterocycles. The van der Waals surface area contributed by atoms with Gasteiger partial charge in [0, 0.05) is 0 Å². The van der Waals surface area contributed by atoms with Gasteiger partial charge in [0.2, 0.25) is 0 Å². The van der Waals surface area contributed by atoms with Crippen molar-refractivity contribution in [1.29, 1.82) is 5.53 Å². The Morgan fingerprint density at radius 2 is 2.43 bits per heavy atom. The quantitative estimate of drug-likeness (QED) is 0.526. The van der Waals surface area contributed by atoms with E-state index >= 15 is 0 Å². The van der Waals surface area contributed by atoms with Crippen LogP contribution in [0, 0.1) is 5.53 Å². The molecule has 2 heteroatoms. The van der Waals surface area contributed by atoms with Crippen LogP contribution in [0.5, 0.6) is 0 Å². The highest BCUT2D eigenvalue weighted by molar-refractivity contribution is 4.87. The molecule has 7 heavy (non-hydrogen) atoms. The maximum Gasteiger partial charge on any atom is 0.0552 e. The van der Waals surface area contributed by atoms with Crippen LogP contribution in [0.3, 0.4) is 0 Å². The van der Waals surface area contributed by atoms with Crippen LogP contribution in [0.4, 0.5) is 0 Å². The van der Waals surface area contributed by atoms with Gasteiger partial charge in [0.05, 0.1) is 5.70 Å². The highest BCUT2D eigenvalue weighted by Gasteiger charge is 1.82. The maximum atomic E-state index is 6.44. The van der Waals surface area contributed by atoms with Gasteiger partial charge in [0.15, 0.2) is 0 Å². The topological polar surface area (TPSA) is 36.2 Å². The van der Waals surface area contributed by atoms with Gasteiger partial charge < -0.3 is 0 Å². The van der Waals surface area contributed by atoms with Crippen molar-refractivity contribution >= 4 is 0 Å². The van der Waals surface area contributed by atoms with E-state index in [-0.39, 0.29) is 0 Å². The molecule has 40 valence electrons. The van der Waals surface area contributed by atoms with E-state index < -0.39 is 0 Å². The van der Waals surface area contributed by atoms with Crippen molar-refractivity contribution in [3.05, 3.63) is 12.3 Å². The van der Waals surface area contributed by atoms with E-state index in [1.54, 1.807) is 0 Å². The van der Waals surface area contributed by atoms with Crippen molar-refractivity contribution in [1.82, 2.24) is 0 Å². The Bertz CT molecular complexity index is 76.1. The molecule has 1 N–H and O–H groups in total. The second-order valence-electron chi connectivity index (χ2n) is 1.43. The standard InChI is InChI=1S/C5H10N2/c1-3-4-5(2)7-6/h6H,2-4H2,1H3. The monoisotopic (exact) mass is 98.1 g/mol. The molecule has 0 aromatic carbocycles. The highest BCUT2D eigenvalue weighted by Crippen LogP contribution is 2.00. The lowest BCUT2D eigenvalue weighted by molar-refractivity contribution is 0.860. The molecule has 0 aliphatic rings. The molecular weight excluding hydrogens is 88.1 g/mol. The van der Waals surface area contributed by atoms with Gasteiger partial charge in [-0.05, 0) is 6.42 Å². The molecule has 0 heterocycles. The van der Waals surface area contributed by atoms with Gasteiger partial charge in [-0.2, -0.15) is 5.11 Å². The van der Waals surface area contributed by atoms with E-state index in [4.69, 9.17) is 5.53 Å². The normalized spacial score (nSPS) is 8.14. The first-order valence-electron chi connectivity index (χ1n) is 2.36. The SMILES string of the molecule is C=C(CCC)N=N. The third-order valence-electron chi connectivity index (χ3n) is 0.697. The fourth-order valence-electron chi connectivity index (χ4n) is 0.344.